The Morgan fingerprint density at radius 3 is 2.79 bits per heavy atom. The third-order valence-electron chi connectivity index (χ3n) is 4.02. The van der Waals surface area contributed by atoms with E-state index in [2.05, 4.69) is 15.6 Å². The van der Waals surface area contributed by atoms with Gasteiger partial charge < -0.3 is 20.1 Å². The number of methoxy groups -OCH3 is 2. The molecule has 1 aromatic carbocycles. The third-order valence-corrected chi connectivity index (χ3v) is 5.30. The zero-order valence-electron chi connectivity index (χ0n) is 14.1. The second kappa shape index (κ2) is 6.68. The molecule has 2 aromatic rings. The molecule has 1 aliphatic heterocycles. The van der Waals surface area contributed by atoms with Crippen LogP contribution in [0.1, 0.15) is 16.8 Å². The van der Waals surface area contributed by atoms with Crippen LogP contribution < -0.4 is 14.8 Å². The lowest BCUT2D eigenvalue weighted by atomic mass is 10.1. The summed E-state index contributed by atoms with van der Waals surface area (Å²) >= 11 is 0. The van der Waals surface area contributed by atoms with E-state index in [1.807, 2.05) is 32.0 Å². The van der Waals surface area contributed by atoms with Gasteiger partial charge in [-0.05, 0) is 19.9 Å². The minimum absolute atomic E-state index is 0.314. The summed E-state index contributed by atoms with van der Waals surface area (Å²) in [4.78, 5) is 4.41. The Morgan fingerprint density at radius 2 is 2.08 bits per heavy atom. The molecule has 2 heterocycles. The Balaban J connectivity index is 1.75. The average Bonchev–Trinajstić information content (AvgIpc) is 3.01. The molecule has 1 aliphatic rings. The van der Waals surface area contributed by atoms with Crippen LogP contribution in [-0.4, -0.2) is 28.9 Å². The molecule has 128 valence electrons. The first kappa shape index (κ1) is 16.6. The van der Waals surface area contributed by atoms with Crippen LogP contribution >= 0.6 is 0 Å². The lowest BCUT2D eigenvalue weighted by molar-refractivity contribution is 0.407. The molecular formula is C17H20N3O3S-. The largest absolute Gasteiger partial charge is 0.653 e. The molecular weight excluding hydrogens is 326 g/mol. The average molecular weight is 346 g/mol. The van der Waals surface area contributed by atoms with E-state index >= 15 is 0 Å². The monoisotopic (exact) mass is 346 g/mol. The van der Waals surface area contributed by atoms with Gasteiger partial charge in [0.05, 0.1) is 25.7 Å². The first-order valence-electron chi connectivity index (χ1n) is 7.55. The van der Waals surface area contributed by atoms with Gasteiger partial charge in [0.25, 0.3) is 0 Å². The van der Waals surface area contributed by atoms with E-state index in [4.69, 9.17) is 9.47 Å². The maximum absolute atomic E-state index is 12.7. The predicted molar refractivity (Wildman–Crippen MR) is 95.5 cm³/mol. The lowest BCUT2D eigenvalue weighted by Crippen LogP contribution is -2.21. The summed E-state index contributed by atoms with van der Waals surface area (Å²) in [6.07, 6.45) is 1.75. The number of fused-ring (bicyclic) bond motifs is 1. The molecule has 0 amide bonds. The van der Waals surface area contributed by atoms with Crippen molar-refractivity contribution in [2.45, 2.75) is 25.1 Å². The summed E-state index contributed by atoms with van der Waals surface area (Å²) < 4.78 is 23.3. The van der Waals surface area contributed by atoms with Gasteiger partial charge in [-0.25, -0.2) is 0 Å². The van der Waals surface area contributed by atoms with Crippen LogP contribution in [-0.2, 0) is 16.6 Å². The Hall–Kier alpha value is -2.28. The van der Waals surface area contributed by atoms with E-state index in [1.54, 1.807) is 20.4 Å². The highest BCUT2D eigenvalue weighted by atomic mass is 32.2. The Bertz CT molecular complexity index is 795. The molecule has 0 spiro atoms. The van der Waals surface area contributed by atoms with E-state index in [9.17, 15) is 4.21 Å². The van der Waals surface area contributed by atoms with Crippen LogP contribution in [0, 0.1) is 13.8 Å². The second-order valence-corrected chi connectivity index (χ2v) is 7.08. The van der Waals surface area contributed by atoms with Crippen LogP contribution in [0.15, 0.2) is 24.4 Å². The summed E-state index contributed by atoms with van der Waals surface area (Å²) in [5.41, 5.74) is 3.79. The van der Waals surface area contributed by atoms with Gasteiger partial charge in [0.1, 0.15) is 11.5 Å². The number of hydrogen-bond donors (Lipinski definition) is 1. The van der Waals surface area contributed by atoms with Gasteiger partial charge in [-0.2, -0.15) is 0 Å². The van der Waals surface area contributed by atoms with E-state index in [0.717, 1.165) is 39.7 Å². The number of benzene rings is 1. The van der Waals surface area contributed by atoms with Crippen LogP contribution in [0.25, 0.3) is 5.32 Å². The fraction of sp³-hybridized carbons (Fsp3) is 0.353. The van der Waals surface area contributed by atoms with Crippen molar-refractivity contribution in [2.24, 2.45) is 0 Å². The smallest absolute Gasteiger partial charge is 0.128 e. The van der Waals surface area contributed by atoms with Crippen LogP contribution in [0.4, 0.5) is 11.4 Å². The van der Waals surface area contributed by atoms with Gasteiger partial charge in [0, 0.05) is 45.4 Å². The topological polar surface area (TPSA) is 74.6 Å². The number of nitrogens with one attached hydrogen (secondary N) is 1. The molecule has 0 radical (unpaired) electrons. The molecule has 0 bridgehead atoms. The number of nitrogens with zero attached hydrogens (tertiary/aromatic N) is 2. The number of anilines is 1. The molecule has 24 heavy (non-hydrogen) atoms. The van der Waals surface area contributed by atoms with Crippen LogP contribution in [0.3, 0.4) is 0 Å². The number of aryl methyl sites for hydroxylation is 1. The molecule has 0 fully saturated rings. The molecule has 3 rings (SSSR count). The number of pyridine rings is 1. The van der Waals surface area contributed by atoms with Gasteiger partial charge in [-0.3, -0.25) is 9.19 Å². The molecule has 6 nitrogen and oxygen atoms in total. The highest BCUT2D eigenvalue weighted by Crippen LogP contribution is 2.41. The number of hydrogen-bond acceptors (Lipinski definition) is 5. The zero-order chi connectivity index (χ0) is 17.3. The number of ether oxygens (including phenoxy) is 2. The normalized spacial score (nSPS) is 16.8. The predicted octanol–water partition coefficient (Wildman–Crippen LogP) is 3.38. The summed E-state index contributed by atoms with van der Waals surface area (Å²) in [6.45, 7) is 3.88. The first-order valence-corrected chi connectivity index (χ1v) is 8.93. The van der Waals surface area contributed by atoms with Crippen molar-refractivity contribution in [3.8, 4) is 11.5 Å². The van der Waals surface area contributed by atoms with Gasteiger partial charge in [0.2, 0.25) is 0 Å². The SMILES string of the molecule is COc1ccc2c(c1)NC([S@@](=O)Cc1ncc(C)c(OC)c1C)[N-]2. The van der Waals surface area contributed by atoms with Gasteiger partial charge in [-0.1, -0.05) is 6.07 Å². The molecule has 0 saturated carbocycles. The van der Waals surface area contributed by atoms with Gasteiger partial charge >= 0.3 is 0 Å². The Labute approximate surface area is 144 Å². The van der Waals surface area contributed by atoms with Crippen molar-refractivity contribution in [1.82, 2.24) is 4.98 Å². The van der Waals surface area contributed by atoms with Crippen LogP contribution in [0.2, 0.25) is 0 Å². The van der Waals surface area contributed by atoms with Gasteiger partial charge in [-0.15, -0.1) is 5.69 Å². The zero-order valence-corrected chi connectivity index (χ0v) is 14.9. The second-order valence-electron chi connectivity index (χ2n) is 5.58. The highest BCUT2D eigenvalue weighted by Gasteiger charge is 2.18. The summed E-state index contributed by atoms with van der Waals surface area (Å²) in [5.74, 6) is 1.85. The molecule has 1 N–H and O–H groups in total. The molecule has 1 aromatic heterocycles. The van der Waals surface area contributed by atoms with Crippen molar-refractivity contribution in [3.63, 3.8) is 0 Å². The fourth-order valence-corrected chi connectivity index (χ4v) is 3.92. The standard InChI is InChI=1S/C17H20N3O3S/c1-10-8-18-15(11(2)16(10)23-4)9-24(21)17-19-13-6-5-12(22-3)7-14(13)20-17/h5-8,17,20H,9H2,1-4H3/q-1/t17?,24-/m0/s1. The van der Waals surface area contributed by atoms with E-state index in [1.165, 1.54) is 0 Å². The minimum atomic E-state index is -1.24. The lowest BCUT2D eigenvalue weighted by Gasteiger charge is -2.24. The highest BCUT2D eigenvalue weighted by molar-refractivity contribution is 7.85. The minimum Gasteiger partial charge on any atom is -0.653 e. The maximum atomic E-state index is 12.7. The van der Waals surface area contributed by atoms with E-state index in [-0.39, 0.29) is 0 Å². The number of aromatic nitrogens is 1. The summed E-state index contributed by atoms with van der Waals surface area (Å²) in [7, 11) is 2.00. The Kier molecular flexibility index (Phi) is 4.62. The van der Waals surface area contributed by atoms with E-state index in [0.29, 0.717) is 5.75 Å². The van der Waals surface area contributed by atoms with Crippen molar-refractivity contribution in [2.75, 3.05) is 19.5 Å². The number of rotatable bonds is 5. The van der Waals surface area contributed by atoms with Crippen molar-refractivity contribution in [3.05, 3.63) is 46.5 Å². The molecule has 7 heteroatoms. The fourth-order valence-electron chi connectivity index (χ4n) is 2.72. The maximum Gasteiger partial charge on any atom is 0.128 e. The summed E-state index contributed by atoms with van der Waals surface area (Å²) in [5, 5.41) is 7.67. The molecule has 1 unspecified atom stereocenters. The van der Waals surface area contributed by atoms with Crippen molar-refractivity contribution in [1.29, 1.82) is 0 Å². The quantitative estimate of drug-likeness (QED) is 0.898. The third kappa shape index (κ3) is 3.03. The van der Waals surface area contributed by atoms with Gasteiger partial charge in [0.15, 0.2) is 0 Å². The summed E-state index contributed by atoms with van der Waals surface area (Å²) in [6, 6.07) is 5.55. The molecule has 0 aliphatic carbocycles. The van der Waals surface area contributed by atoms with E-state index < -0.39 is 16.3 Å². The van der Waals surface area contributed by atoms with Crippen molar-refractivity contribution < 1.29 is 13.7 Å². The Morgan fingerprint density at radius 1 is 1.29 bits per heavy atom. The molecule has 0 saturated heterocycles. The first-order chi connectivity index (χ1) is 11.5. The van der Waals surface area contributed by atoms with Crippen molar-refractivity contribution >= 4 is 22.2 Å². The molecule has 2 atom stereocenters. The van der Waals surface area contributed by atoms with Crippen LogP contribution in [0.5, 0.6) is 11.5 Å².